The van der Waals surface area contributed by atoms with Gasteiger partial charge in [-0.1, -0.05) is 35.4 Å². The Morgan fingerprint density at radius 3 is 2.50 bits per heavy atom. The molecule has 96 valence electrons. The summed E-state index contributed by atoms with van der Waals surface area (Å²) in [4.78, 5) is 1.45. The predicted molar refractivity (Wildman–Crippen MR) is 80.4 cm³/mol. The summed E-state index contributed by atoms with van der Waals surface area (Å²) in [5, 5.41) is 5.74. The fourth-order valence-electron chi connectivity index (χ4n) is 2.24. The van der Waals surface area contributed by atoms with Crippen molar-refractivity contribution in [2.24, 2.45) is 0 Å². The molecular weight excluding hydrogens is 238 g/mol. The molecular formula is C16H21NS. The van der Waals surface area contributed by atoms with E-state index in [9.17, 15) is 0 Å². The molecule has 0 radical (unpaired) electrons. The monoisotopic (exact) mass is 259 g/mol. The average molecular weight is 259 g/mol. The van der Waals surface area contributed by atoms with E-state index in [1.807, 2.05) is 11.3 Å². The highest BCUT2D eigenvalue weighted by atomic mass is 32.1. The molecule has 0 aliphatic carbocycles. The highest BCUT2D eigenvalue weighted by molar-refractivity contribution is 7.09. The fraction of sp³-hybridized carbons (Fsp3) is 0.375. The number of benzene rings is 1. The normalized spacial score (nSPS) is 12.6. The molecule has 2 heteroatoms. The van der Waals surface area contributed by atoms with Crippen molar-refractivity contribution < 1.29 is 0 Å². The third-order valence-electron chi connectivity index (χ3n) is 3.15. The summed E-state index contributed by atoms with van der Waals surface area (Å²) in [7, 11) is 0. The van der Waals surface area contributed by atoms with E-state index >= 15 is 0 Å². The van der Waals surface area contributed by atoms with Crippen molar-refractivity contribution in [3.8, 4) is 0 Å². The zero-order valence-electron chi connectivity index (χ0n) is 11.4. The van der Waals surface area contributed by atoms with Gasteiger partial charge in [0.25, 0.3) is 0 Å². The van der Waals surface area contributed by atoms with Gasteiger partial charge in [0.1, 0.15) is 0 Å². The van der Waals surface area contributed by atoms with Crippen LogP contribution >= 0.6 is 11.3 Å². The fourth-order valence-corrected chi connectivity index (χ4v) is 2.95. The van der Waals surface area contributed by atoms with Gasteiger partial charge in [0, 0.05) is 17.5 Å². The Morgan fingerprint density at radius 2 is 1.89 bits per heavy atom. The first-order valence-corrected chi connectivity index (χ1v) is 7.37. The van der Waals surface area contributed by atoms with E-state index in [4.69, 9.17) is 0 Å². The maximum atomic E-state index is 3.60. The maximum Gasteiger partial charge on any atom is 0.0292 e. The van der Waals surface area contributed by atoms with Crippen molar-refractivity contribution in [3.05, 3.63) is 57.3 Å². The molecule has 0 fully saturated rings. The Kier molecular flexibility index (Phi) is 4.56. The average Bonchev–Trinajstić information content (AvgIpc) is 2.80. The maximum absolute atomic E-state index is 3.60. The van der Waals surface area contributed by atoms with Crippen LogP contribution in [0.3, 0.4) is 0 Å². The highest BCUT2D eigenvalue weighted by Crippen LogP contribution is 2.17. The molecule has 1 atom stereocenters. The molecule has 2 aromatic rings. The summed E-state index contributed by atoms with van der Waals surface area (Å²) >= 11 is 1.84. The lowest BCUT2D eigenvalue weighted by Crippen LogP contribution is -2.21. The van der Waals surface area contributed by atoms with E-state index in [2.05, 4.69) is 61.8 Å². The quantitative estimate of drug-likeness (QED) is 0.846. The van der Waals surface area contributed by atoms with Gasteiger partial charge in [0.15, 0.2) is 0 Å². The largest absolute Gasteiger partial charge is 0.310 e. The summed E-state index contributed by atoms with van der Waals surface area (Å²) in [5.41, 5.74) is 4.08. The van der Waals surface area contributed by atoms with Crippen molar-refractivity contribution in [2.75, 3.05) is 6.54 Å². The summed E-state index contributed by atoms with van der Waals surface area (Å²) in [5.74, 6) is 0. The Morgan fingerprint density at radius 1 is 1.17 bits per heavy atom. The molecule has 0 spiro atoms. The Hall–Kier alpha value is -1.12. The standard InChI is InChI=1S/C16H21NS/c1-12-9-13(2)11-15(10-12)14(3)17-7-6-16-5-4-8-18-16/h4-5,8-11,14,17H,6-7H2,1-3H3. The molecule has 0 aliphatic heterocycles. The van der Waals surface area contributed by atoms with Crippen LogP contribution in [0.5, 0.6) is 0 Å². The molecule has 0 saturated heterocycles. The van der Waals surface area contributed by atoms with E-state index in [1.165, 1.54) is 21.6 Å². The van der Waals surface area contributed by atoms with Gasteiger partial charge in [-0.15, -0.1) is 11.3 Å². The van der Waals surface area contributed by atoms with Gasteiger partial charge in [0.2, 0.25) is 0 Å². The van der Waals surface area contributed by atoms with E-state index < -0.39 is 0 Å². The molecule has 0 bridgehead atoms. The molecule has 1 unspecified atom stereocenters. The van der Waals surface area contributed by atoms with Crippen molar-refractivity contribution >= 4 is 11.3 Å². The molecule has 1 aromatic heterocycles. The molecule has 1 heterocycles. The first-order valence-electron chi connectivity index (χ1n) is 6.49. The van der Waals surface area contributed by atoms with Gasteiger partial charge >= 0.3 is 0 Å². The van der Waals surface area contributed by atoms with Crippen molar-refractivity contribution in [1.82, 2.24) is 5.32 Å². The third-order valence-corrected chi connectivity index (χ3v) is 4.08. The van der Waals surface area contributed by atoms with Gasteiger partial charge < -0.3 is 5.32 Å². The summed E-state index contributed by atoms with van der Waals surface area (Å²) in [6.07, 6.45) is 1.12. The minimum absolute atomic E-state index is 0.420. The molecule has 1 N–H and O–H groups in total. The smallest absolute Gasteiger partial charge is 0.0292 e. The van der Waals surface area contributed by atoms with Crippen LogP contribution in [-0.2, 0) is 6.42 Å². The van der Waals surface area contributed by atoms with Crippen molar-refractivity contribution in [2.45, 2.75) is 33.2 Å². The van der Waals surface area contributed by atoms with E-state index in [0.29, 0.717) is 6.04 Å². The summed E-state index contributed by atoms with van der Waals surface area (Å²) in [6.45, 7) is 7.60. The highest BCUT2D eigenvalue weighted by Gasteiger charge is 2.05. The Labute approximate surface area is 114 Å². The number of nitrogens with one attached hydrogen (secondary N) is 1. The van der Waals surface area contributed by atoms with E-state index in [-0.39, 0.29) is 0 Å². The van der Waals surface area contributed by atoms with Crippen molar-refractivity contribution in [3.63, 3.8) is 0 Å². The first-order chi connectivity index (χ1) is 8.65. The predicted octanol–water partition coefficient (Wildman–Crippen LogP) is 4.26. The first kappa shape index (κ1) is 13.3. The lowest BCUT2D eigenvalue weighted by atomic mass is 10.0. The molecule has 2 rings (SSSR count). The second-order valence-electron chi connectivity index (χ2n) is 4.93. The zero-order valence-corrected chi connectivity index (χ0v) is 12.2. The number of aryl methyl sites for hydroxylation is 2. The molecule has 0 amide bonds. The van der Waals surface area contributed by atoms with E-state index in [0.717, 1.165) is 13.0 Å². The van der Waals surface area contributed by atoms with Crippen LogP contribution in [0.25, 0.3) is 0 Å². The van der Waals surface area contributed by atoms with Gasteiger partial charge in [-0.25, -0.2) is 0 Å². The number of thiophene rings is 1. The minimum Gasteiger partial charge on any atom is -0.310 e. The van der Waals surface area contributed by atoms with Gasteiger partial charge in [0.05, 0.1) is 0 Å². The molecule has 1 aromatic carbocycles. The molecule has 1 nitrogen and oxygen atoms in total. The van der Waals surface area contributed by atoms with Crippen LogP contribution in [0.15, 0.2) is 35.7 Å². The topological polar surface area (TPSA) is 12.0 Å². The van der Waals surface area contributed by atoms with Crippen LogP contribution in [0, 0.1) is 13.8 Å². The second kappa shape index (κ2) is 6.17. The third kappa shape index (κ3) is 3.69. The van der Waals surface area contributed by atoms with Crippen molar-refractivity contribution in [1.29, 1.82) is 0 Å². The molecule has 18 heavy (non-hydrogen) atoms. The van der Waals surface area contributed by atoms with Gasteiger partial charge in [-0.05, 0) is 44.2 Å². The van der Waals surface area contributed by atoms with Crippen LogP contribution in [0.2, 0.25) is 0 Å². The zero-order chi connectivity index (χ0) is 13.0. The Balaban J connectivity index is 1.89. The van der Waals surface area contributed by atoms with Crippen LogP contribution in [0.1, 0.15) is 34.5 Å². The number of hydrogen-bond donors (Lipinski definition) is 1. The van der Waals surface area contributed by atoms with Crippen LogP contribution < -0.4 is 5.32 Å². The molecule has 0 saturated carbocycles. The SMILES string of the molecule is Cc1cc(C)cc(C(C)NCCc2cccs2)c1. The molecule has 0 aliphatic rings. The summed E-state index contributed by atoms with van der Waals surface area (Å²) in [6, 6.07) is 11.5. The Bertz CT molecular complexity index is 468. The van der Waals surface area contributed by atoms with Gasteiger partial charge in [-0.3, -0.25) is 0 Å². The van der Waals surface area contributed by atoms with Crippen LogP contribution in [0.4, 0.5) is 0 Å². The minimum atomic E-state index is 0.420. The lowest BCUT2D eigenvalue weighted by Gasteiger charge is -2.15. The van der Waals surface area contributed by atoms with E-state index in [1.54, 1.807) is 0 Å². The number of rotatable bonds is 5. The lowest BCUT2D eigenvalue weighted by molar-refractivity contribution is 0.578. The summed E-state index contributed by atoms with van der Waals surface area (Å²) < 4.78 is 0. The van der Waals surface area contributed by atoms with Crippen LogP contribution in [-0.4, -0.2) is 6.54 Å². The second-order valence-corrected chi connectivity index (χ2v) is 5.96. The van der Waals surface area contributed by atoms with Gasteiger partial charge in [-0.2, -0.15) is 0 Å². The number of hydrogen-bond acceptors (Lipinski definition) is 2.